The molecule has 0 saturated heterocycles. The van der Waals surface area contributed by atoms with Crippen molar-refractivity contribution in [2.45, 2.75) is 32.5 Å². The van der Waals surface area contributed by atoms with E-state index in [1.54, 1.807) is 37.3 Å². The van der Waals surface area contributed by atoms with Crippen molar-refractivity contribution >= 4 is 18.3 Å². The van der Waals surface area contributed by atoms with Crippen LogP contribution in [0.4, 0.5) is 8.78 Å². The van der Waals surface area contributed by atoms with Crippen molar-refractivity contribution in [2.75, 3.05) is 0 Å². The summed E-state index contributed by atoms with van der Waals surface area (Å²) < 4.78 is 29.4. The maximum absolute atomic E-state index is 12.5. The monoisotopic (exact) mass is 370 g/mol. The summed E-state index contributed by atoms with van der Waals surface area (Å²) in [5, 5.41) is 2.73. The molecule has 0 saturated carbocycles. The summed E-state index contributed by atoms with van der Waals surface area (Å²) in [7, 11) is 0. The van der Waals surface area contributed by atoms with Crippen molar-refractivity contribution in [2.24, 2.45) is 5.73 Å². The van der Waals surface area contributed by atoms with Crippen molar-refractivity contribution < 1.29 is 18.3 Å². The lowest BCUT2D eigenvalue weighted by atomic mass is 10.0. The van der Waals surface area contributed by atoms with Crippen LogP contribution in [0, 0.1) is 6.92 Å². The molecule has 0 heterocycles. The first-order chi connectivity index (χ1) is 11.4. The minimum Gasteiger partial charge on any atom is -0.434 e. The van der Waals surface area contributed by atoms with Crippen molar-refractivity contribution in [3.05, 3.63) is 65.2 Å². The van der Waals surface area contributed by atoms with Crippen molar-refractivity contribution in [1.82, 2.24) is 5.32 Å². The number of rotatable bonds is 6. The maximum Gasteiger partial charge on any atom is 0.387 e. The third-order valence-electron chi connectivity index (χ3n) is 3.68. The molecule has 0 aliphatic carbocycles. The van der Waals surface area contributed by atoms with E-state index in [0.29, 0.717) is 11.1 Å². The molecule has 2 aromatic rings. The second-order valence-electron chi connectivity index (χ2n) is 5.53. The van der Waals surface area contributed by atoms with Gasteiger partial charge in [0.15, 0.2) is 0 Å². The topological polar surface area (TPSA) is 64.4 Å². The van der Waals surface area contributed by atoms with Gasteiger partial charge in [-0.1, -0.05) is 48.0 Å². The Morgan fingerprint density at radius 3 is 2.32 bits per heavy atom. The van der Waals surface area contributed by atoms with Crippen LogP contribution in [0.25, 0.3) is 0 Å². The van der Waals surface area contributed by atoms with Crippen LogP contribution in [-0.2, 0) is 4.79 Å². The molecule has 0 aliphatic heterocycles. The molecule has 2 atom stereocenters. The fraction of sp³-hybridized carbons (Fsp3) is 0.278. The minimum absolute atomic E-state index is 0. The Morgan fingerprint density at radius 2 is 1.72 bits per heavy atom. The van der Waals surface area contributed by atoms with E-state index in [1.165, 1.54) is 6.07 Å². The summed E-state index contributed by atoms with van der Waals surface area (Å²) >= 11 is 0. The van der Waals surface area contributed by atoms with Gasteiger partial charge in [0.25, 0.3) is 0 Å². The molecule has 2 rings (SSSR count). The summed E-state index contributed by atoms with van der Waals surface area (Å²) in [5.41, 5.74) is 8.18. The van der Waals surface area contributed by atoms with Crippen LogP contribution in [0.5, 0.6) is 5.75 Å². The Labute approximate surface area is 151 Å². The van der Waals surface area contributed by atoms with E-state index in [-0.39, 0.29) is 18.2 Å². The quantitative estimate of drug-likeness (QED) is 0.810. The van der Waals surface area contributed by atoms with E-state index >= 15 is 0 Å². The number of benzene rings is 2. The van der Waals surface area contributed by atoms with Crippen molar-refractivity contribution in [1.29, 1.82) is 0 Å². The Hall–Kier alpha value is -2.18. The molecule has 2 aromatic carbocycles. The van der Waals surface area contributed by atoms with Gasteiger partial charge in [0.1, 0.15) is 11.8 Å². The van der Waals surface area contributed by atoms with E-state index in [9.17, 15) is 13.6 Å². The summed E-state index contributed by atoms with van der Waals surface area (Å²) in [5.74, 6) is -0.359. The number of aryl methyl sites for hydroxylation is 1. The van der Waals surface area contributed by atoms with Crippen LogP contribution in [0.1, 0.15) is 35.7 Å². The number of para-hydroxylation sites is 1. The Balaban J connectivity index is 0.00000312. The van der Waals surface area contributed by atoms with Crippen LogP contribution in [0.15, 0.2) is 48.5 Å². The largest absolute Gasteiger partial charge is 0.434 e. The maximum atomic E-state index is 12.5. The molecule has 0 bridgehead atoms. The second-order valence-corrected chi connectivity index (χ2v) is 5.53. The first kappa shape index (κ1) is 20.9. The first-order valence-electron chi connectivity index (χ1n) is 7.54. The second kappa shape index (κ2) is 9.34. The lowest BCUT2D eigenvalue weighted by Crippen LogP contribution is -2.35. The van der Waals surface area contributed by atoms with E-state index in [2.05, 4.69) is 10.1 Å². The molecule has 3 N–H and O–H groups in total. The van der Waals surface area contributed by atoms with Gasteiger partial charge >= 0.3 is 6.61 Å². The summed E-state index contributed by atoms with van der Waals surface area (Å²) in [6.07, 6.45) is 0. The zero-order valence-electron chi connectivity index (χ0n) is 13.9. The predicted molar refractivity (Wildman–Crippen MR) is 95.0 cm³/mol. The molecule has 7 heteroatoms. The molecule has 25 heavy (non-hydrogen) atoms. The molecular weight excluding hydrogens is 350 g/mol. The lowest BCUT2D eigenvalue weighted by molar-refractivity contribution is -0.123. The standard InChI is InChI=1S/C18H20F2N2O2.ClH/c1-11-7-9-13(10-8-11)16(21)17(23)22-12(2)14-5-3-4-6-15(14)24-18(19)20;/h3-10,12,16,18H,21H2,1-2H3,(H,22,23);1H. The van der Waals surface area contributed by atoms with Gasteiger partial charge in [0.2, 0.25) is 5.91 Å². The van der Waals surface area contributed by atoms with E-state index in [1.807, 2.05) is 19.1 Å². The average Bonchev–Trinajstić information content (AvgIpc) is 2.54. The lowest BCUT2D eigenvalue weighted by Gasteiger charge is -2.20. The van der Waals surface area contributed by atoms with E-state index in [4.69, 9.17) is 5.73 Å². The van der Waals surface area contributed by atoms with Crippen LogP contribution >= 0.6 is 12.4 Å². The zero-order chi connectivity index (χ0) is 17.7. The summed E-state index contributed by atoms with van der Waals surface area (Å²) in [6, 6.07) is 12.3. The fourth-order valence-electron chi connectivity index (χ4n) is 2.35. The SMILES string of the molecule is Cc1ccc(C(N)C(=O)NC(C)c2ccccc2OC(F)F)cc1.Cl. The predicted octanol–water partition coefficient (Wildman–Crippen LogP) is 3.90. The number of nitrogens with two attached hydrogens (primary N) is 1. The number of hydrogen-bond donors (Lipinski definition) is 2. The third kappa shape index (κ3) is 5.69. The average molecular weight is 371 g/mol. The van der Waals surface area contributed by atoms with E-state index in [0.717, 1.165) is 5.56 Å². The Bertz CT molecular complexity index is 696. The zero-order valence-corrected chi connectivity index (χ0v) is 14.7. The number of halogens is 3. The van der Waals surface area contributed by atoms with Gasteiger partial charge in [-0.25, -0.2) is 0 Å². The van der Waals surface area contributed by atoms with Crippen molar-refractivity contribution in [3.8, 4) is 5.75 Å². The highest BCUT2D eigenvalue weighted by molar-refractivity contribution is 5.85. The fourth-order valence-corrected chi connectivity index (χ4v) is 2.35. The van der Waals surface area contributed by atoms with E-state index < -0.39 is 24.6 Å². The number of ether oxygens (including phenoxy) is 1. The molecule has 136 valence electrons. The van der Waals surface area contributed by atoms with Crippen LogP contribution < -0.4 is 15.8 Å². The number of carbonyl (C=O) groups is 1. The minimum atomic E-state index is -2.93. The third-order valence-corrected chi connectivity index (χ3v) is 3.68. The molecule has 0 aromatic heterocycles. The van der Waals surface area contributed by atoms with Crippen molar-refractivity contribution in [3.63, 3.8) is 0 Å². The molecule has 1 amide bonds. The Kier molecular flexibility index (Phi) is 7.80. The van der Waals surface area contributed by atoms with Gasteiger partial charge in [0.05, 0.1) is 6.04 Å². The van der Waals surface area contributed by atoms with Gasteiger partial charge < -0.3 is 15.8 Å². The number of hydrogen-bond acceptors (Lipinski definition) is 3. The highest BCUT2D eigenvalue weighted by Crippen LogP contribution is 2.26. The number of amides is 1. The smallest absolute Gasteiger partial charge is 0.387 e. The normalized spacial score (nSPS) is 12.9. The van der Waals surface area contributed by atoms with Gasteiger partial charge in [-0.3, -0.25) is 4.79 Å². The van der Waals surface area contributed by atoms with Crippen LogP contribution in [0.3, 0.4) is 0 Å². The molecule has 0 spiro atoms. The first-order valence-corrected chi connectivity index (χ1v) is 7.54. The molecular formula is C18H21ClF2N2O2. The number of carbonyl (C=O) groups excluding carboxylic acids is 1. The highest BCUT2D eigenvalue weighted by Gasteiger charge is 2.20. The summed E-state index contributed by atoms with van der Waals surface area (Å²) in [6.45, 7) is 0.703. The Morgan fingerprint density at radius 1 is 1.12 bits per heavy atom. The number of nitrogens with one attached hydrogen (secondary N) is 1. The van der Waals surface area contributed by atoms with Crippen LogP contribution in [0.2, 0.25) is 0 Å². The highest BCUT2D eigenvalue weighted by atomic mass is 35.5. The van der Waals surface area contributed by atoms with Crippen LogP contribution in [-0.4, -0.2) is 12.5 Å². The number of alkyl halides is 2. The molecule has 0 aliphatic rings. The molecule has 0 radical (unpaired) electrons. The van der Waals surface area contributed by atoms with Gasteiger partial charge in [-0.05, 0) is 25.5 Å². The summed E-state index contributed by atoms with van der Waals surface area (Å²) in [4.78, 5) is 12.3. The van der Waals surface area contributed by atoms with Gasteiger partial charge in [0, 0.05) is 5.56 Å². The molecule has 4 nitrogen and oxygen atoms in total. The molecule has 2 unspecified atom stereocenters. The molecule has 0 fully saturated rings. The van der Waals surface area contributed by atoms with Gasteiger partial charge in [-0.15, -0.1) is 12.4 Å². The van der Waals surface area contributed by atoms with Gasteiger partial charge in [-0.2, -0.15) is 8.78 Å².